The number of piperidine rings is 1. The SMILES string of the molecule is CC(C)(O)CNC1c2cc(NS(C)(=O)=O)ccc2OC2(CCNCC2)C1C1CCc2cc(C#N)ccc2C1. The molecule has 9 heteroatoms. The highest BCUT2D eigenvalue weighted by molar-refractivity contribution is 7.92. The molecule has 4 N–H and O–H groups in total. The second kappa shape index (κ2) is 10.2. The quantitative estimate of drug-likeness (QED) is 0.445. The Bertz CT molecular complexity index is 1340. The first-order valence-electron chi connectivity index (χ1n) is 13.5. The third kappa shape index (κ3) is 5.69. The summed E-state index contributed by atoms with van der Waals surface area (Å²) in [6.45, 7) is 5.71. The summed E-state index contributed by atoms with van der Waals surface area (Å²) < 4.78 is 33.6. The lowest BCUT2D eigenvalue weighted by Gasteiger charge is -2.54. The minimum Gasteiger partial charge on any atom is -0.486 e. The van der Waals surface area contributed by atoms with Crippen LogP contribution in [0.1, 0.15) is 61.4 Å². The molecule has 0 radical (unpaired) electrons. The number of aryl methyl sites for hydroxylation is 1. The Morgan fingerprint density at radius 3 is 2.63 bits per heavy atom. The molecular formula is C29H38N4O4S. The van der Waals surface area contributed by atoms with Crippen LogP contribution in [0.3, 0.4) is 0 Å². The number of ether oxygens (including phenoxy) is 1. The van der Waals surface area contributed by atoms with Crippen molar-refractivity contribution < 1.29 is 18.3 Å². The number of nitrogens with zero attached hydrogens (tertiary/aromatic N) is 1. The van der Waals surface area contributed by atoms with Crippen molar-refractivity contribution >= 4 is 15.7 Å². The fraction of sp³-hybridized carbons (Fsp3) is 0.552. The monoisotopic (exact) mass is 538 g/mol. The van der Waals surface area contributed by atoms with Gasteiger partial charge in [0, 0.05) is 29.8 Å². The molecule has 0 aromatic heterocycles. The summed E-state index contributed by atoms with van der Waals surface area (Å²) in [5.41, 5.74) is 3.35. The van der Waals surface area contributed by atoms with Crippen LogP contribution in [0.2, 0.25) is 0 Å². The van der Waals surface area contributed by atoms with Gasteiger partial charge < -0.3 is 20.5 Å². The smallest absolute Gasteiger partial charge is 0.229 e. The molecular weight excluding hydrogens is 500 g/mol. The van der Waals surface area contributed by atoms with Gasteiger partial charge in [0.2, 0.25) is 10.0 Å². The third-order valence-electron chi connectivity index (χ3n) is 8.24. The highest BCUT2D eigenvalue weighted by Gasteiger charge is 2.53. The topological polar surface area (TPSA) is 123 Å². The van der Waals surface area contributed by atoms with Crippen molar-refractivity contribution in [2.24, 2.45) is 11.8 Å². The Morgan fingerprint density at radius 2 is 1.95 bits per heavy atom. The average Bonchev–Trinajstić information content (AvgIpc) is 2.86. The second-order valence-electron chi connectivity index (χ2n) is 11.8. The van der Waals surface area contributed by atoms with Gasteiger partial charge in [-0.1, -0.05) is 6.07 Å². The second-order valence-corrected chi connectivity index (χ2v) is 13.6. The molecule has 0 saturated carbocycles. The standard InChI is InChI=1S/C29H38N4O4S/c1-28(2,34)18-32-27-24-16-23(33-38(3,35)36)8-9-25(24)37-29(10-12-31-13-11-29)26(27)22-7-6-20-14-19(17-30)4-5-21(20)15-22/h4-5,8-9,14,16,22,26-27,31-34H,6-7,10-13,15,18H2,1-3H3. The Kier molecular flexibility index (Phi) is 7.20. The normalized spacial score (nSPS) is 24.6. The van der Waals surface area contributed by atoms with Crippen molar-refractivity contribution in [1.82, 2.24) is 10.6 Å². The number of nitrogens with one attached hydrogen (secondary N) is 3. The highest BCUT2D eigenvalue weighted by Crippen LogP contribution is 2.53. The van der Waals surface area contributed by atoms with Gasteiger partial charge in [-0.05, 0) is 106 Å². The molecule has 38 heavy (non-hydrogen) atoms. The Balaban J connectivity index is 1.59. The summed E-state index contributed by atoms with van der Waals surface area (Å²) in [5.74, 6) is 1.19. The lowest BCUT2D eigenvalue weighted by Crippen LogP contribution is -2.60. The van der Waals surface area contributed by atoms with Crippen molar-refractivity contribution in [3.8, 4) is 11.8 Å². The summed E-state index contributed by atoms with van der Waals surface area (Å²) in [5, 5.41) is 27.2. The van der Waals surface area contributed by atoms with E-state index in [0.717, 1.165) is 62.8 Å². The number of hydrogen-bond acceptors (Lipinski definition) is 7. The van der Waals surface area contributed by atoms with Crippen molar-refractivity contribution in [3.05, 3.63) is 58.7 Å². The molecule has 0 bridgehead atoms. The van der Waals surface area contributed by atoms with Gasteiger partial charge in [0.25, 0.3) is 0 Å². The number of sulfonamides is 1. The van der Waals surface area contributed by atoms with Crippen molar-refractivity contribution in [1.29, 1.82) is 5.26 Å². The van der Waals surface area contributed by atoms with Gasteiger partial charge >= 0.3 is 0 Å². The molecule has 3 unspecified atom stereocenters. The van der Waals surface area contributed by atoms with Crippen LogP contribution in [0.15, 0.2) is 36.4 Å². The number of hydrogen-bond donors (Lipinski definition) is 4. The van der Waals surface area contributed by atoms with Crippen LogP contribution >= 0.6 is 0 Å². The van der Waals surface area contributed by atoms with Crippen molar-refractivity contribution in [2.45, 2.75) is 63.2 Å². The molecule has 1 saturated heterocycles. The summed E-state index contributed by atoms with van der Waals surface area (Å²) in [6, 6.07) is 13.7. The predicted molar refractivity (Wildman–Crippen MR) is 148 cm³/mol. The van der Waals surface area contributed by atoms with E-state index in [-0.39, 0.29) is 17.6 Å². The van der Waals surface area contributed by atoms with Gasteiger partial charge in [-0.3, -0.25) is 4.72 Å². The van der Waals surface area contributed by atoms with E-state index in [2.05, 4.69) is 27.5 Å². The number of aliphatic hydroxyl groups is 1. The minimum absolute atomic E-state index is 0.108. The van der Waals surface area contributed by atoms with Crippen molar-refractivity contribution in [3.63, 3.8) is 0 Å². The molecule has 204 valence electrons. The number of anilines is 1. The van der Waals surface area contributed by atoms with Crippen LogP contribution < -0.4 is 20.1 Å². The van der Waals surface area contributed by atoms with E-state index in [0.29, 0.717) is 23.7 Å². The van der Waals surface area contributed by atoms with E-state index in [1.807, 2.05) is 24.3 Å². The average molecular weight is 539 g/mol. The summed E-state index contributed by atoms with van der Waals surface area (Å²) in [7, 11) is -3.44. The van der Waals surface area contributed by atoms with Gasteiger partial charge in [-0.2, -0.15) is 5.26 Å². The van der Waals surface area contributed by atoms with Crippen LogP contribution in [0.4, 0.5) is 5.69 Å². The summed E-state index contributed by atoms with van der Waals surface area (Å²) in [4.78, 5) is 0. The fourth-order valence-electron chi connectivity index (χ4n) is 6.69. The first-order chi connectivity index (χ1) is 18.0. The van der Waals surface area contributed by atoms with Gasteiger partial charge in [-0.25, -0.2) is 8.42 Å². The lowest BCUT2D eigenvalue weighted by atomic mass is 9.62. The van der Waals surface area contributed by atoms with Crippen LogP contribution in [0.5, 0.6) is 5.75 Å². The largest absolute Gasteiger partial charge is 0.486 e. The minimum atomic E-state index is -3.44. The van der Waals surface area contributed by atoms with E-state index in [9.17, 15) is 18.8 Å². The zero-order valence-corrected chi connectivity index (χ0v) is 23.2. The number of rotatable bonds is 6. The van der Waals surface area contributed by atoms with Gasteiger partial charge in [-0.15, -0.1) is 0 Å². The molecule has 8 nitrogen and oxygen atoms in total. The predicted octanol–water partition coefficient (Wildman–Crippen LogP) is 3.27. The van der Waals surface area contributed by atoms with Gasteiger partial charge in [0.05, 0.1) is 23.5 Å². The van der Waals surface area contributed by atoms with Crippen molar-refractivity contribution in [2.75, 3.05) is 30.6 Å². The molecule has 1 spiro atoms. The molecule has 5 rings (SSSR count). The van der Waals surface area contributed by atoms with E-state index < -0.39 is 15.6 Å². The highest BCUT2D eigenvalue weighted by atomic mass is 32.2. The molecule has 1 aliphatic carbocycles. The maximum atomic E-state index is 12.0. The van der Waals surface area contributed by atoms with Crippen LogP contribution in [-0.4, -0.2) is 50.6 Å². The Hall–Kier alpha value is -2.64. The fourth-order valence-corrected chi connectivity index (χ4v) is 7.24. The lowest BCUT2D eigenvalue weighted by molar-refractivity contribution is -0.0797. The van der Waals surface area contributed by atoms with Crippen LogP contribution in [0, 0.1) is 23.2 Å². The van der Waals surface area contributed by atoms with E-state index >= 15 is 0 Å². The molecule has 0 amide bonds. The van der Waals surface area contributed by atoms with Crippen LogP contribution in [0.25, 0.3) is 0 Å². The number of benzene rings is 2. The Labute approximate surface area is 225 Å². The molecule has 2 aromatic rings. The zero-order chi connectivity index (χ0) is 27.1. The molecule has 3 atom stereocenters. The summed E-state index contributed by atoms with van der Waals surface area (Å²) >= 11 is 0. The molecule has 2 aromatic carbocycles. The maximum Gasteiger partial charge on any atom is 0.229 e. The van der Waals surface area contributed by atoms with E-state index in [4.69, 9.17) is 4.74 Å². The van der Waals surface area contributed by atoms with Gasteiger partial charge in [0.1, 0.15) is 11.4 Å². The first kappa shape index (κ1) is 26.9. The first-order valence-corrected chi connectivity index (χ1v) is 15.3. The molecule has 3 aliphatic rings. The maximum absolute atomic E-state index is 12.0. The number of nitriles is 1. The Morgan fingerprint density at radius 1 is 1.18 bits per heavy atom. The molecule has 1 fully saturated rings. The van der Waals surface area contributed by atoms with Gasteiger partial charge in [0.15, 0.2) is 0 Å². The van der Waals surface area contributed by atoms with Crippen LogP contribution in [-0.2, 0) is 22.9 Å². The van der Waals surface area contributed by atoms with E-state index in [1.54, 1.807) is 19.9 Å². The zero-order valence-electron chi connectivity index (χ0n) is 22.4. The summed E-state index contributed by atoms with van der Waals surface area (Å²) in [6.07, 6.45) is 5.66. The third-order valence-corrected chi connectivity index (χ3v) is 8.85. The molecule has 2 aliphatic heterocycles. The van der Waals surface area contributed by atoms with E-state index in [1.165, 1.54) is 11.1 Å². The molecule has 2 heterocycles. The number of fused-ring (bicyclic) bond motifs is 2.